The molecular weight excluding hydrogens is 226 g/mol. The van der Waals surface area contributed by atoms with Gasteiger partial charge in [-0.2, -0.15) is 0 Å². The largest absolute Gasteiger partial charge is 0.481 e. The number of ketones is 1. The van der Waals surface area contributed by atoms with E-state index in [1.54, 1.807) is 25.3 Å². The molecular formula is C11H13NO3S. The number of aliphatic carboxylic acids is 1. The average molecular weight is 239 g/mol. The van der Waals surface area contributed by atoms with E-state index in [4.69, 9.17) is 5.11 Å². The number of aromatic nitrogens is 1. The van der Waals surface area contributed by atoms with E-state index in [1.165, 1.54) is 11.8 Å². The zero-order valence-electron chi connectivity index (χ0n) is 8.97. The molecule has 1 heterocycles. The lowest BCUT2D eigenvalue weighted by Gasteiger charge is -2.00. The van der Waals surface area contributed by atoms with Gasteiger partial charge in [0.15, 0.2) is 5.78 Å². The van der Waals surface area contributed by atoms with Crippen molar-refractivity contribution in [2.24, 2.45) is 0 Å². The fourth-order valence-electron chi connectivity index (χ4n) is 1.07. The van der Waals surface area contributed by atoms with E-state index in [0.29, 0.717) is 17.9 Å². The molecule has 0 aliphatic heterocycles. The van der Waals surface area contributed by atoms with E-state index >= 15 is 0 Å². The van der Waals surface area contributed by atoms with Crippen molar-refractivity contribution in [2.75, 3.05) is 5.75 Å². The predicted octanol–water partition coefficient (Wildman–Crippen LogP) is 2.24. The van der Waals surface area contributed by atoms with Gasteiger partial charge >= 0.3 is 5.97 Å². The predicted molar refractivity (Wildman–Crippen MR) is 61.8 cm³/mol. The Hall–Kier alpha value is -1.36. The van der Waals surface area contributed by atoms with Crippen molar-refractivity contribution >= 4 is 23.5 Å². The first kappa shape index (κ1) is 12.7. The number of pyridine rings is 1. The minimum absolute atomic E-state index is 0.0158. The SMILES string of the molecule is CCC(=O)c1ccc(SCCC(=O)O)cn1. The van der Waals surface area contributed by atoms with Crippen LogP contribution in [-0.2, 0) is 4.79 Å². The summed E-state index contributed by atoms with van der Waals surface area (Å²) in [5.41, 5.74) is 0.463. The van der Waals surface area contributed by atoms with Crippen molar-refractivity contribution in [1.29, 1.82) is 0 Å². The number of Topliss-reactive ketones (excluding diaryl/α,β-unsaturated/α-hetero) is 1. The zero-order valence-corrected chi connectivity index (χ0v) is 9.79. The number of rotatable bonds is 6. The van der Waals surface area contributed by atoms with Crippen LogP contribution in [-0.4, -0.2) is 27.6 Å². The molecule has 1 aromatic heterocycles. The molecule has 86 valence electrons. The van der Waals surface area contributed by atoms with Crippen LogP contribution in [0, 0.1) is 0 Å². The fraction of sp³-hybridized carbons (Fsp3) is 0.364. The Bertz CT molecular complexity index is 375. The summed E-state index contributed by atoms with van der Waals surface area (Å²) in [6.07, 6.45) is 2.17. The molecule has 1 N–H and O–H groups in total. The maximum Gasteiger partial charge on any atom is 0.304 e. The second kappa shape index (κ2) is 6.27. The van der Waals surface area contributed by atoms with Crippen molar-refractivity contribution in [2.45, 2.75) is 24.7 Å². The van der Waals surface area contributed by atoms with Gasteiger partial charge in [-0.15, -0.1) is 11.8 Å². The van der Waals surface area contributed by atoms with Crippen LogP contribution < -0.4 is 0 Å². The van der Waals surface area contributed by atoms with Crippen LogP contribution >= 0.6 is 11.8 Å². The molecule has 0 aromatic carbocycles. The maximum absolute atomic E-state index is 11.3. The number of nitrogens with zero attached hydrogens (tertiary/aromatic N) is 1. The number of hydrogen-bond donors (Lipinski definition) is 1. The normalized spacial score (nSPS) is 10.1. The summed E-state index contributed by atoms with van der Waals surface area (Å²) in [7, 11) is 0. The molecule has 0 fully saturated rings. The third-order valence-electron chi connectivity index (χ3n) is 1.93. The van der Waals surface area contributed by atoms with Crippen LogP contribution in [0.1, 0.15) is 30.3 Å². The standard InChI is InChI=1S/C11H13NO3S/c1-2-10(13)9-4-3-8(7-12-9)16-6-5-11(14)15/h3-4,7H,2,5-6H2,1H3,(H,14,15). The highest BCUT2D eigenvalue weighted by molar-refractivity contribution is 7.99. The Balaban J connectivity index is 2.51. The highest BCUT2D eigenvalue weighted by Crippen LogP contribution is 2.17. The molecule has 1 rings (SSSR count). The van der Waals surface area contributed by atoms with Gasteiger partial charge in [-0.25, -0.2) is 0 Å². The van der Waals surface area contributed by atoms with Gasteiger partial charge in [0.05, 0.1) is 6.42 Å². The first-order chi connectivity index (χ1) is 7.63. The smallest absolute Gasteiger partial charge is 0.304 e. The highest BCUT2D eigenvalue weighted by Gasteiger charge is 2.04. The monoisotopic (exact) mass is 239 g/mol. The fourth-order valence-corrected chi connectivity index (χ4v) is 1.87. The zero-order chi connectivity index (χ0) is 12.0. The van der Waals surface area contributed by atoms with Crippen LogP contribution in [0.15, 0.2) is 23.2 Å². The van der Waals surface area contributed by atoms with E-state index in [0.717, 1.165) is 4.90 Å². The summed E-state index contributed by atoms with van der Waals surface area (Å²) in [5, 5.41) is 8.47. The summed E-state index contributed by atoms with van der Waals surface area (Å²) >= 11 is 1.42. The Morgan fingerprint density at radius 1 is 1.44 bits per heavy atom. The second-order valence-corrected chi connectivity index (χ2v) is 4.32. The molecule has 4 nitrogen and oxygen atoms in total. The second-order valence-electron chi connectivity index (χ2n) is 3.15. The van der Waals surface area contributed by atoms with Gasteiger partial charge in [0.25, 0.3) is 0 Å². The van der Waals surface area contributed by atoms with Gasteiger partial charge in [-0.05, 0) is 12.1 Å². The lowest BCUT2D eigenvalue weighted by Crippen LogP contribution is -1.99. The number of carboxylic acid groups (broad SMARTS) is 1. The Labute approximate surface area is 98.1 Å². The number of carboxylic acids is 1. The van der Waals surface area contributed by atoms with Crippen molar-refractivity contribution in [3.8, 4) is 0 Å². The van der Waals surface area contributed by atoms with Gasteiger partial charge in [0.1, 0.15) is 5.69 Å². The van der Waals surface area contributed by atoms with Gasteiger partial charge < -0.3 is 5.11 Å². The summed E-state index contributed by atoms with van der Waals surface area (Å²) in [4.78, 5) is 26.5. The first-order valence-corrected chi connectivity index (χ1v) is 5.96. The Morgan fingerprint density at radius 2 is 2.19 bits per heavy atom. The number of carbonyl (C=O) groups excluding carboxylic acids is 1. The van der Waals surface area contributed by atoms with Gasteiger partial charge in [-0.1, -0.05) is 6.92 Å². The molecule has 0 aliphatic carbocycles. The van der Waals surface area contributed by atoms with Gasteiger partial charge in [0, 0.05) is 23.3 Å². The lowest BCUT2D eigenvalue weighted by molar-refractivity contribution is -0.136. The number of thioether (sulfide) groups is 1. The molecule has 0 amide bonds. The van der Waals surface area contributed by atoms with Gasteiger partial charge in [-0.3, -0.25) is 14.6 Å². The first-order valence-electron chi connectivity index (χ1n) is 4.97. The Morgan fingerprint density at radius 3 is 2.69 bits per heavy atom. The third kappa shape index (κ3) is 4.02. The van der Waals surface area contributed by atoms with E-state index in [9.17, 15) is 9.59 Å². The van der Waals surface area contributed by atoms with Gasteiger partial charge in [0.2, 0.25) is 0 Å². The van der Waals surface area contributed by atoms with Crippen LogP contribution in [0.5, 0.6) is 0 Å². The molecule has 0 bridgehead atoms. The van der Waals surface area contributed by atoms with Crippen molar-refractivity contribution in [1.82, 2.24) is 4.98 Å². The highest BCUT2D eigenvalue weighted by atomic mass is 32.2. The molecule has 0 unspecified atom stereocenters. The average Bonchev–Trinajstić information content (AvgIpc) is 2.28. The topological polar surface area (TPSA) is 67.3 Å². The molecule has 0 saturated heterocycles. The lowest BCUT2D eigenvalue weighted by atomic mass is 10.2. The molecule has 1 aromatic rings. The summed E-state index contributed by atoms with van der Waals surface area (Å²) in [5.74, 6) is -0.279. The molecule has 0 saturated carbocycles. The van der Waals surface area contributed by atoms with Crippen molar-refractivity contribution < 1.29 is 14.7 Å². The molecule has 0 aliphatic rings. The van der Waals surface area contributed by atoms with Crippen LogP contribution in [0.3, 0.4) is 0 Å². The van der Waals surface area contributed by atoms with Crippen LogP contribution in [0.4, 0.5) is 0 Å². The molecule has 5 heteroatoms. The molecule has 16 heavy (non-hydrogen) atoms. The summed E-state index contributed by atoms with van der Waals surface area (Å²) in [6.45, 7) is 1.79. The number of hydrogen-bond acceptors (Lipinski definition) is 4. The third-order valence-corrected chi connectivity index (χ3v) is 2.91. The maximum atomic E-state index is 11.3. The van der Waals surface area contributed by atoms with E-state index in [1.807, 2.05) is 0 Å². The molecule has 0 spiro atoms. The quantitative estimate of drug-likeness (QED) is 0.609. The minimum atomic E-state index is -0.807. The van der Waals surface area contributed by atoms with Crippen LogP contribution in [0.25, 0.3) is 0 Å². The summed E-state index contributed by atoms with van der Waals surface area (Å²) in [6, 6.07) is 3.47. The van der Waals surface area contributed by atoms with Crippen molar-refractivity contribution in [3.05, 3.63) is 24.0 Å². The van der Waals surface area contributed by atoms with Crippen LogP contribution in [0.2, 0.25) is 0 Å². The number of carbonyl (C=O) groups is 2. The minimum Gasteiger partial charge on any atom is -0.481 e. The molecule has 0 atom stereocenters. The van der Waals surface area contributed by atoms with E-state index in [-0.39, 0.29) is 12.2 Å². The van der Waals surface area contributed by atoms with E-state index < -0.39 is 5.97 Å². The summed E-state index contributed by atoms with van der Waals surface area (Å²) < 4.78 is 0. The van der Waals surface area contributed by atoms with E-state index in [2.05, 4.69) is 4.98 Å². The van der Waals surface area contributed by atoms with Crippen molar-refractivity contribution in [3.63, 3.8) is 0 Å². The Kier molecular flexibility index (Phi) is 4.98. The molecule has 0 radical (unpaired) electrons.